The van der Waals surface area contributed by atoms with Crippen molar-refractivity contribution in [3.8, 4) is 5.75 Å². The minimum Gasteiger partial charge on any atom is -0.496 e. The fraction of sp³-hybridized carbons (Fsp3) is 0.625. The van der Waals surface area contributed by atoms with Gasteiger partial charge in [0.1, 0.15) is 11.6 Å². The normalized spacial score (nSPS) is 12.7. The largest absolute Gasteiger partial charge is 0.496 e. The van der Waals surface area contributed by atoms with E-state index in [0.29, 0.717) is 5.92 Å². The Bertz CT molecular complexity index is 375. The van der Waals surface area contributed by atoms with Gasteiger partial charge in [-0.2, -0.15) is 0 Å². The van der Waals surface area contributed by atoms with Crippen molar-refractivity contribution < 1.29 is 9.13 Å². The Morgan fingerprint density at radius 2 is 1.84 bits per heavy atom. The second-order valence-electron chi connectivity index (χ2n) is 4.99. The Kier molecular flexibility index (Phi) is 6.85. The van der Waals surface area contributed by atoms with Gasteiger partial charge in [0.2, 0.25) is 0 Å². The number of halogens is 1. The highest BCUT2D eigenvalue weighted by molar-refractivity contribution is 5.37. The lowest BCUT2D eigenvalue weighted by molar-refractivity contribution is 0.317. The molecule has 19 heavy (non-hydrogen) atoms. The monoisotopic (exact) mass is 267 g/mol. The van der Waals surface area contributed by atoms with Crippen LogP contribution in [0.25, 0.3) is 0 Å². The van der Waals surface area contributed by atoms with Gasteiger partial charge in [0.15, 0.2) is 0 Å². The lowest BCUT2D eigenvalue weighted by Crippen LogP contribution is -2.26. The minimum absolute atomic E-state index is 0.144. The van der Waals surface area contributed by atoms with E-state index in [0.717, 1.165) is 37.0 Å². The number of ether oxygens (including phenoxy) is 1. The van der Waals surface area contributed by atoms with E-state index >= 15 is 0 Å². The lowest BCUT2D eigenvalue weighted by Gasteiger charge is -2.28. The van der Waals surface area contributed by atoms with Crippen molar-refractivity contribution in [1.82, 2.24) is 5.32 Å². The van der Waals surface area contributed by atoms with E-state index in [1.807, 2.05) is 7.05 Å². The van der Waals surface area contributed by atoms with Crippen LogP contribution in [0.1, 0.15) is 51.1 Å². The second kappa shape index (κ2) is 8.16. The van der Waals surface area contributed by atoms with Gasteiger partial charge < -0.3 is 10.1 Å². The standard InChI is InChI=1S/C16H26FNO/c1-5-7-12(8-6-2)16(18-3)14-11-13(17)9-10-15(14)19-4/h9-12,16,18H,5-8H2,1-4H3. The Labute approximate surface area is 116 Å². The molecule has 0 heterocycles. The van der Waals surface area contributed by atoms with Crippen molar-refractivity contribution in [2.75, 3.05) is 14.2 Å². The molecule has 0 aromatic heterocycles. The van der Waals surface area contributed by atoms with Crippen molar-refractivity contribution in [2.45, 2.75) is 45.6 Å². The molecule has 0 bridgehead atoms. The first kappa shape index (κ1) is 16.0. The van der Waals surface area contributed by atoms with Gasteiger partial charge in [-0.05, 0) is 44.0 Å². The fourth-order valence-corrected chi connectivity index (χ4v) is 2.81. The number of rotatable bonds is 8. The average Bonchev–Trinajstić information content (AvgIpc) is 2.40. The number of hydrogen-bond donors (Lipinski definition) is 1. The molecule has 0 fully saturated rings. The van der Waals surface area contributed by atoms with Crippen LogP contribution in [0.4, 0.5) is 4.39 Å². The molecule has 1 rings (SSSR count). The smallest absolute Gasteiger partial charge is 0.123 e. The zero-order chi connectivity index (χ0) is 14.3. The summed E-state index contributed by atoms with van der Waals surface area (Å²) in [5.74, 6) is 1.07. The zero-order valence-corrected chi connectivity index (χ0v) is 12.5. The highest BCUT2D eigenvalue weighted by atomic mass is 19.1. The minimum atomic E-state index is -0.206. The highest BCUT2D eigenvalue weighted by Gasteiger charge is 2.23. The molecule has 0 spiro atoms. The number of benzene rings is 1. The summed E-state index contributed by atoms with van der Waals surface area (Å²) < 4.78 is 18.9. The summed E-state index contributed by atoms with van der Waals surface area (Å²) in [6, 6.07) is 4.90. The molecule has 0 radical (unpaired) electrons. The van der Waals surface area contributed by atoms with E-state index in [-0.39, 0.29) is 11.9 Å². The summed E-state index contributed by atoms with van der Waals surface area (Å²) in [4.78, 5) is 0. The molecule has 108 valence electrons. The third-order valence-electron chi connectivity index (χ3n) is 3.63. The first-order chi connectivity index (χ1) is 9.17. The molecule has 1 aromatic carbocycles. The van der Waals surface area contributed by atoms with Gasteiger partial charge in [-0.3, -0.25) is 0 Å². The predicted molar refractivity (Wildman–Crippen MR) is 78.1 cm³/mol. The Morgan fingerprint density at radius 1 is 1.21 bits per heavy atom. The molecule has 0 saturated heterocycles. The van der Waals surface area contributed by atoms with Crippen molar-refractivity contribution in [3.63, 3.8) is 0 Å². The van der Waals surface area contributed by atoms with Gasteiger partial charge in [-0.15, -0.1) is 0 Å². The number of methoxy groups -OCH3 is 1. The quantitative estimate of drug-likeness (QED) is 0.757. The van der Waals surface area contributed by atoms with E-state index in [2.05, 4.69) is 19.2 Å². The van der Waals surface area contributed by atoms with E-state index < -0.39 is 0 Å². The first-order valence-electron chi connectivity index (χ1n) is 7.18. The Morgan fingerprint density at radius 3 is 2.32 bits per heavy atom. The molecule has 0 aliphatic rings. The molecule has 0 aliphatic carbocycles. The van der Waals surface area contributed by atoms with Crippen LogP contribution in [0, 0.1) is 11.7 Å². The molecule has 0 aliphatic heterocycles. The number of nitrogens with one attached hydrogen (secondary N) is 1. The maximum Gasteiger partial charge on any atom is 0.123 e. The van der Waals surface area contributed by atoms with Gasteiger partial charge in [0.05, 0.1) is 7.11 Å². The number of hydrogen-bond acceptors (Lipinski definition) is 2. The Hall–Kier alpha value is -1.09. The highest BCUT2D eigenvalue weighted by Crippen LogP contribution is 2.35. The third-order valence-corrected chi connectivity index (χ3v) is 3.63. The summed E-state index contributed by atoms with van der Waals surface area (Å²) in [6.07, 6.45) is 4.55. The average molecular weight is 267 g/mol. The first-order valence-corrected chi connectivity index (χ1v) is 7.18. The summed E-state index contributed by atoms with van der Waals surface area (Å²) in [7, 11) is 3.57. The topological polar surface area (TPSA) is 21.3 Å². The van der Waals surface area contributed by atoms with E-state index in [1.165, 1.54) is 6.07 Å². The van der Waals surface area contributed by atoms with E-state index in [4.69, 9.17) is 4.74 Å². The molecule has 1 atom stereocenters. The summed E-state index contributed by atoms with van der Waals surface area (Å²) in [6.45, 7) is 4.39. The molecular formula is C16H26FNO. The third kappa shape index (κ3) is 4.20. The summed E-state index contributed by atoms with van der Waals surface area (Å²) in [5, 5.41) is 3.34. The fourth-order valence-electron chi connectivity index (χ4n) is 2.81. The molecule has 0 amide bonds. The molecular weight excluding hydrogens is 241 g/mol. The van der Waals surface area contributed by atoms with Crippen molar-refractivity contribution in [3.05, 3.63) is 29.6 Å². The van der Waals surface area contributed by atoms with Crippen LogP contribution in [-0.2, 0) is 0 Å². The van der Waals surface area contributed by atoms with Crippen molar-refractivity contribution in [1.29, 1.82) is 0 Å². The van der Waals surface area contributed by atoms with Gasteiger partial charge in [-0.1, -0.05) is 26.7 Å². The molecule has 1 aromatic rings. The molecule has 1 N–H and O–H groups in total. The van der Waals surface area contributed by atoms with Crippen LogP contribution in [0.2, 0.25) is 0 Å². The summed E-state index contributed by atoms with van der Waals surface area (Å²) >= 11 is 0. The van der Waals surface area contributed by atoms with Crippen LogP contribution in [0.15, 0.2) is 18.2 Å². The van der Waals surface area contributed by atoms with Gasteiger partial charge in [0, 0.05) is 11.6 Å². The van der Waals surface area contributed by atoms with Gasteiger partial charge in [-0.25, -0.2) is 4.39 Å². The molecule has 2 nitrogen and oxygen atoms in total. The Balaban J connectivity index is 3.08. The van der Waals surface area contributed by atoms with Crippen LogP contribution < -0.4 is 10.1 Å². The van der Waals surface area contributed by atoms with Crippen LogP contribution in [-0.4, -0.2) is 14.2 Å². The van der Waals surface area contributed by atoms with Gasteiger partial charge in [0.25, 0.3) is 0 Å². The SMILES string of the molecule is CCCC(CCC)C(NC)c1cc(F)ccc1OC. The second-order valence-corrected chi connectivity index (χ2v) is 4.99. The van der Waals surface area contributed by atoms with E-state index in [9.17, 15) is 4.39 Å². The van der Waals surface area contributed by atoms with Crippen LogP contribution in [0.5, 0.6) is 5.75 Å². The van der Waals surface area contributed by atoms with Crippen LogP contribution >= 0.6 is 0 Å². The molecule has 0 saturated carbocycles. The summed E-state index contributed by atoms with van der Waals surface area (Å²) in [5.41, 5.74) is 0.928. The van der Waals surface area contributed by atoms with Crippen molar-refractivity contribution in [2.24, 2.45) is 5.92 Å². The zero-order valence-electron chi connectivity index (χ0n) is 12.5. The van der Waals surface area contributed by atoms with Crippen molar-refractivity contribution >= 4 is 0 Å². The maximum atomic E-state index is 13.5. The van der Waals surface area contributed by atoms with E-state index in [1.54, 1.807) is 19.2 Å². The molecule has 1 unspecified atom stereocenters. The predicted octanol–water partition coefficient (Wildman–Crippen LogP) is 4.31. The molecule has 3 heteroatoms. The van der Waals surface area contributed by atoms with Crippen LogP contribution in [0.3, 0.4) is 0 Å². The lowest BCUT2D eigenvalue weighted by atomic mass is 9.86. The maximum absolute atomic E-state index is 13.5. The van der Waals surface area contributed by atoms with Gasteiger partial charge >= 0.3 is 0 Å².